The molecule has 0 heterocycles. The van der Waals surface area contributed by atoms with Gasteiger partial charge in [0.1, 0.15) is 6.10 Å². The van der Waals surface area contributed by atoms with E-state index >= 15 is 0 Å². The van der Waals surface area contributed by atoms with Crippen molar-refractivity contribution in [2.24, 2.45) is 0 Å². The van der Waals surface area contributed by atoms with E-state index in [1.165, 1.54) is 0 Å². The maximum Gasteiger partial charge on any atom is 0.303 e. The van der Waals surface area contributed by atoms with E-state index in [0.717, 1.165) is 0 Å². The molecule has 2 unspecified atom stereocenters. The van der Waals surface area contributed by atoms with E-state index in [-0.39, 0.29) is 32.3 Å². The van der Waals surface area contributed by atoms with E-state index in [1.807, 2.05) is 0 Å². The summed E-state index contributed by atoms with van der Waals surface area (Å²) in [5.41, 5.74) is 0. The number of carbonyl (C=O) groups is 1. The second-order valence-corrected chi connectivity index (χ2v) is 3.94. The molecule has 0 aliphatic heterocycles. The Morgan fingerprint density at radius 2 is 1.45 bits per heavy atom. The van der Waals surface area contributed by atoms with E-state index < -0.39 is 18.2 Å². The van der Waals surface area contributed by atoms with E-state index in [1.54, 1.807) is 20.8 Å². The molecule has 6 N–H and O–H groups in total. The fourth-order valence-corrected chi connectivity index (χ4v) is 0.414. The lowest BCUT2D eigenvalue weighted by Crippen LogP contribution is -2.19. The number of hydrogen-bond acceptors (Lipinski definition) is 7. The Morgan fingerprint density at radius 3 is 1.60 bits per heavy atom. The lowest BCUT2D eigenvalue weighted by atomic mass is 10.4. The molecule has 20 heavy (non-hydrogen) atoms. The molecule has 8 nitrogen and oxygen atoms in total. The van der Waals surface area contributed by atoms with E-state index in [0.29, 0.717) is 6.61 Å². The van der Waals surface area contributed by atoms with Crippen LogP contribution < -0.4 is 0 Å². The van der Waals surface area contributed by atoms with Gasteiger partial charge >= 0.3 is 5.97 Å². The fourth-order valence-electron chi connectivity index (χ4n) is 0.414. The summed E-state index contributed by atoms with van der Waals surface area (Å²) in [4.78, 5) is 9.37. The van der Waals surface area contributed by atoms with Gasteiger partial charge in [-0.25, -0.2) is 0 Å². The minimum atomic E-state index is -0.954. The molecule has 0 aliphatic carbocycles. The number of carboxylic acid groups (broad SMARTS) is 1. The molecular weight excluding hydrogens is 272 g/mol. The van der Waals surface area contributed by atoms with Gasteiger partial charge < -0.3 is 35.4 Å². The summed E-state index contributed by atoms with van der Waals surface area (Å²) in [5, 5.41) is 48.9. The van der Waals surface area contributed by atoms with Gasteiger partial charge in [-0.2, -0.15) is 0 Å². The zero-order valence-corrected chi connectivity index (χ0v) is 12.3. The molecular formula is C12H28O8. The van der Waals surface area contributed by atoms with Gasteiger partial charge in [0.2, 0.25) is 0 Å². The molecule has 0 aromatic heterocycles. The molecule has 0 aromatic carbocycles. The van der Waals surface area contributed by atoms with Crippen LogP contribution in [0, 0.1) is 0 Å². The quantitative estimate of drug-likeness (QED) is 0.335. The summed E-state index contributed by atoms with van der Waals surface area (Å²) < 4.78 is 4.95. The van der Waals surface area contributed by atoms with Gasteiger partial charge in [-0.3, -0.25) is 4.79 Å². The molecule has 0 fully saturated rings. The topological polar surface area (TPSA) is 148 Å². The van der Waals surface area contributed by atoms with Crippen LogP contribution in [0.4, 0.5) is 0 Å². The maximum absolute atomic E-state index is 9.37. The zero-order valence-electron chi connectivity index (χ0n) is 12.3. The predicted octanol–water partition coefficient (Wildman–Crippen LogP) is -1.42. The number of aliphatic hydroxyl groups excluding tert-OH is 5. The van der Waals surface area contributed by atoms with Crippen LogP contribution in [0.25, 0.3) is 0 Å². The highest BCUT2D eigenvalue weighted by Crippen LogP contribution is 1.90. The van der Waals surface area contributed by atoms with Crippen molar-refractivity contribution in [2.75, 3.05) is 26.4 Å². The first kappa shape index (κ1) is 24.3. The van der Waals surface area contributed by atoms with Gasteiger partial charge in [0.15, 0.2) is 0 Å². The monoisotopic (exact) mass is 300 g/mol. The van der Waals surface area contributed by atoms with Crippen LogP contribution in [0.5, 0.6) is 0 Å². The average Bonchev–Trinajstić information content (AvgIpc) is 2.44. The van der Waals surface area contributed by atoms with Crippen LogP contribution in [-0.2, 0) is 9.53 Å². The summed E-state index contributed by atoms with van der Waals surface area (Å²) in [6, 6.07) is 0. The molecule has 0 aliphatic rings. The highest BCUT2D eigenvalue weighted by Gasteiger charge is 2.00. The first-order chi connectivity index (χ1) is 9.24. The van der Waals surface area contributed by atoms with Crippen LogP contribution >= 0.6 is 0 Å². The summed E-state index contributed by atoms with van der Waals surface area (Å²) in [7, 11) is 0. The number of ether oxygens (including phenoxy) is 1. The number of aliphatic hydroxyl groups is 5. The lowest BCUT2D eigenvalue weighted by molar-refractivity contribution is -0.136. The van der Waals surface area contributed by atoms with E-state index in [4.69, 9.17) is 35.4 Å². The van der Waals surface area contributed by atoms with Crippen molar-refractivity contribution in [3.05, 3.63) is 0 Å². The van der Waals surface area contributed by atoms with Crippen molar-refractivity contribution in [3.63, 3.8) is 0 Å². The normalized spacial score (nSPS) is 12.7. The predicted molar refractivity (Wildman–Crippen MR) is 72.3 cm³/mol. The SMILES string of the molecule is CC(O)COC(C)CO.CCC(=O)O.OCC(O)CO. The molecule has 0 rings (SSSR count). The summed E-state index contributed by atoms with van der Waals surface area (Å²) in [5.74, 6) is -0.745. The summed E-state index contributed by atoms with van der Waals surface area (Å²) in [6.07, 6.45) is -1.34. The molecule has 0 saturated carbocycles. The highest BCUT2D eigenvalue weighted by molar-refractivity contribution is 5.66. The Balaban J connectivity index is -0.000000230. The highest BCUT2D eigenvalue weighted by atomic mass is 16.5. The largest absolute Gasteiger partial charge is 0.481 e. The van der Waals surface area contributed by atoms with Crippen LogP contribution in [0.1, 0.15) is 27.2 Å². The Hall–Kier alpha value is -0.770. The second-order valence-electron chi connectivity index (χ2n) is 3.94. The van der Waals surface area contributed by atoms with Gasteiger partial charge in [0.25, 0.3) is 0 Å². The van der Waals surface area contributed by atoms with Crippen molar-refractivity contribution < 1.29 is 40.2 Å². The zero-order chi connectivity index (χ0) is 16.6. The van der Waals surface area contributed by atoms with Crippen molar-refractivity contribution in [2.45, 2.75) is 45.5 Å². The molecule has 0 saturated heterocycles. The number of aliphatic carboxylic acids is 1. The molecule has 0 radical (unpaired) electrons. The van der Waals surface area contributed by atoms with Crippen LogP contribution in [0.3, 0.4) is 0 Å². The smallest absolute Gasteiger partial charge is 0.303 e. The minimum Gasteiger partial charge on any atom is -0.481 e. The second kappa shape index (κ2) is 18.2. The van der Waals surface area contributed by atoms with E-state index in [9.17, 15) is 4.79 Å². The number of carboxylic acids is 1. The van der Waals surface area contributed by atoms with E-state index in [2.05, 4.69) is 0 Å². The Morgan fingerprint density at radius 1 is 1.05 bits per heavy atom. The van der Waals surface area contributed by atoms with Crippen molar-refractivity contribution in [3.8, 4) is 0 Å². The molecule has 0 aromatic rings. The minimum absolute atomic E-state index is 0.00667. The third kappa shape index (κ3) is 30.3. The van der Waals surface area contributed by atoms with Gasteiger partial charge in [0, 0.05) is 6.42 Å². The number of hydrogen-bond donors (Lipinski definition) is 6. The van der Waals surface area contributed by atoms with Crippen LogP contribution in [-0.4, -0.2) is 81.3 Å². The van der Waals surface area contributed by atoms with Gasteiger partial charge in [-0.15, -0.1) is 0 Å². The maximum atomic E-state index is 9.37. The third-order valence-corrected chi connectivity index (χ3v) is 1.60. The van der Waals surface area contributed by atoms with Crippen molar-refractivity contribution >= 4 is 5.97 Å². The molecule has 124 valence electrons. The molecule has 0 amide bonds. The van der Waals surface area contributed by atoms with Gasteiger partial charge in [-0.1, -0.05) is 6.92 Å². The number of rotatable bonds is 7. The summed E-state index contributed by atoms with van der Waals surface area (Å²) >= 11 is 0. The Bertz CT molecular complexity index is 194. The fraction of sp³-hybridized carbons (Fsp3) is 0.917. The third-order valence-electron chi connectivity index (χ3n) is 1.60. The summed E-state index contributed by atoms with van der Waals surface area (Å²) in [6.45, 7) is 4.57. The first-order valence-electron chi connectivity index (χ1n) is 6.27. The lowest BCUT2D eigenvalue weighted by Gasteiger charge is -2.10. The van der Waals surface area contributed by atoms with Crippen molar-refractivity contribution in [1.82, 2.24) is 0 Å². The van der Waals surface area contributed by atoms with Crippen LogP contribution in [0.15, 0.2) is 0 Å². The average molecular weight is 300 g/mol. The van der Waals surface area contributed by atoms with Crippen molar-refractivity contribution in [1.29, 1.82) is 0 Å². The van der Waals surface area contributed by atoms with Gasteiger partial charge in [-0.05, 0) is 13.8 Å². The Labute approximate surface area is 119 Å². The van der Waals surface area contributed by atoms with Gasteiger partial charge in [0.05, 0.1) is 38.6 Å². The Kier molecular flexibility index (Phi) is 22.1. The van der Waals surface area contributed by atoms with Crippen LogP contribution in [0.2, 0.25) is 0 Å². The first-order valence-corrected chi connectivity index (χ1v) is 6.27. The standard InChI is InChI=1S/C6H14O3.C3H8O3.C3H6O2/c1-5(8)4-9-6(2)3-7;4-1-3(6)2-5;1-2-3(4)5/h5-8H,3-4H2,1-2H3;3-6H,1-2H2;2H2,1H3,(H,4,5). The molecule has 0 spiro atoms. The molecule has 8 heteroatoms. The molecule has 2 atom stereocenters. The molecule has 0 bridgehead atoms.